The van der Waals surface area contributed by atoms with Crippen LogP contribution in [0.4, 0.5) is 0 Å². The van der Waals surface area contributed by atoms with Gasteiger partial charge in [0.05, 0.1) is 13.2 Å². The van der Waals surface area contributed by atoms with Gasteiger partial charge in [-0.05, 0) is 12.1 Å². The normalized spacial score (nSPS) is 9.92. The van der Waals surface area contributed by atoms with E-state index in [0.717, 1.165) is 12.2 Å². The SMILES string of the molecule is C=CC(=O)O.C=CC(=O)O.OCCOCC(O)Oc1ccccc1. The highest BCUT2D eigenvalue weighted by molar-refractivity contribution is 5.79. The average molecular weight is 342 g/mol. The fourth-order valence-electron chi connectivity index (χ4n) is 0.939. The summed E-state index contributed by atoms with van der Waals surface area (Å²) in [6, 6.07) is 8.99. The third-order valence-electron chi connectivity index (χ3n) is 1.86. The van der Waals surface area contributed by atoms with Gasteiger partial charge in [0, 0.05) is 12.2 Å². The number of aliphatic carboxylic acids is 2. The third-order valence-corrected chi connectivity index (χ3v) is 1.86. The smallest absolute Gasteiger partial charge is 0.327 e. The van der Waals surface area contributed by atoms with Gasteiger partial charge in [-0.1, -0.05) is 31.4 Å². The van der Waals surface area contributed by atoms with Crippen LogP contribution in [0.25, 0.3) is 0 Å². The molecule has 0 bridgehead atoms. The number of carboxylic acids is 2. The molecule has 1 rings (SSSR count). The molecular weight excluding hydrogens is 320 g/mol. The molecule has 0 aromatic heterocycles. The second kappa shape index (κ2) is 16.7. The van der Waals surface area contributed by atoms with Crippen LogP contribution in [0.3, 0.4) is 0 Å². The molecule has 0 saturated carbocycles. The van der Waals surface area contributed by atoms with Crippen LogP contribution < -0.4 is 4.74 Å². The molecule has 0 amide bonds. The summed E-state index contributed by atoms with van der Waals surface area (Å²) in [4.78, 5) is 18.5. The van der Waals surface area contributed by atoms with E-state index in [1.165, 1.54) is 0 Å². The second-order valence-electron chi connectivity index (χ2n) is 3.77. The summed E-state index contributed by atoms with van der Waals surface area (Å²) in [5, 5.41) is 32.9. The van der Waals surface area contributed by atoms with Crippen molar-refractivity contribution >= 4 is 11.9 Å². The fraction of sp³-hybridized carbons (Fsp3) is 0.250. The Morgan fingerprint density at radius 2 is 1.54 bits per heavy atom. The molecule has 0 radical (unpaired) electrons. The largest absolute Gasteiger partial charge is 0.478 e. The van der Waals surface area contributed by atoms with Crippen molar-refractivity contribution in [3.05, 3.63) is 55.6 Å². The number of carbonyl (C=O) groups is 2. The van der Waals surface area contributed by atoms with Crippen LogP contribution in [0.2, 0.25) is 0 Å². The fourth-order valence-corrected chi connectivity index (χ4v) is 0.939. The molecule has 8 nitrogen and oxygen atoms in total. The molecule has 1 aromatic rings. The van der Waals surface area contributed by atoms with Crippen LogP contribution in [0.5, 0.6) is 5.75 Å². The third kappa shape index (κ3) is 19.3. The molecular formula is C16H22O8. The Kier molecular flexibility index (Phi) is 16.4. The standard InChI is InChI=1S/C10H14O4.2C3H4O2/c11-6-7-13-8-10(12)14-9-4-2-1-3-5-9;2*1-2-3(4)5/h1-5,10-12H,6-8H2;2*2H,1H2,(H,4,5). The van der Waals surface area contributed by atoms with E-state index in [2.05, 4.69) is 13.2 Å². The number of para-hydroxylation sites is 1. The molecule has 1 atom stereocenters. The van der Waals surface area contributed by atoms with Crippen molar-refractivity contribution in [2.45, 2.75) is 6.29 Å². The zero-order chi connectivity index (χ0) is 18.8. The van der Waals surface area contributed by atoms with Crippen molar-refractivity contribution in [2.24, 2.45) is 0 Å². The molecule has 4 N–H and O–H groups in total. The van der Waals surface area contributed by atoms with Crippen molar-refractivity contribution in [3.8, 4) is 5.75 Å². The van der Waals surface area contributed by atoms with Gasteiger partial charge in [0.1, 0.15) is 12.4 Å². The highest BCUT2D eigenvalue weighted by atomic mass is 16.6. The molecule has 134 valence electrons. The molecule has 1 aromatic carbocycles. The highest BCUT2D eigenvalue weighted by Gasteiger charge is 2.04. The lowest BCUT2D eigenvalue weighted by Gasteiger charge is -2.12. The van der Waals surface area contributed by atoms with Gasteiger partial charge in [-0.25, -0.2) is 9.59 Å². The summed E-state index contributed by atoms with van der Waals surface area (Å²) in [7, 11) is 0. The lowest BCUT2D eigenvalue weighted by molar-refractivity contribution is -0.132. The number of aliphatic hydroxyl groups excluding tert-OH is 2. The monoisotopic (exact) mass is 342 g/mol. The first-order chi connectivity index (χ1) is 11.4. The maximum Gasteiger partial charge on any atom is 0.327 e. The van der Waals surface area contributed by atoms with Gasteiger partial charge in [0.15, 0.2) is 0 Å². The molecule has 0 fully saturated rings. The van der Waals surface area contributed by atoms with Gasteiger partial charge >= 0.3 is 11.9 Å². The second-order valence-corrected chi connectivity index (χ2v) is 3.77. The molecule has 0 aliphatic rings. The van der Waals surface area contributed by atoms with Gasteiger partial charge < -0.3 is 29.9 Å². The Bertz CT molecular complexity index is 454. The van der Waals surface area contributed by atoms with E-state index in [9.17, 15) is 14.7 Å². The number of hydrogen-bond donors (Lipinski definition) is 4. The maximum atomic E-state index is 9.30. The van der Waals surface area contributed by atoms with Crippen LogP contribution >= 0.6 is 0 Å². The summed E-state index contributed by atoms with van der Waals surface area (Å²) in [5.41, 5.74) is 0. The number of rotatable bonds is 8. The first kappa shape index (κ1) is 23.6. The zero-order valence-electron chi connectivity index (χ0n) is 13.1. The van der Waals surface area contributed by atoms with E-state index in [4.69, 9.17) is 24.8 Å². The van der Waals surface area contributed by atoms with Gasteiger partial charge in [-0.2, -0.15) is 0 Å². The molecule has 0 heterocycles. The van der Waals surface area contributed by atoms with Gasteiger partial charge in [-0.15, -0.1) is 0 Å². The summed E-state index contributed by atoms with van der Waals surface area (Å²) in [5.74, 6) is -1.37. The van der Waals surface area contributed by atoms with Gasteiger partial charge in [0.25, 0.3) is 0 Å². The Hall–Kier alpha value is -2.68. The summed E-state index contributed by atoms with van der Waals surface area (Å²) in [6.07, 6.45) is 0.670. The minimum atomic E-state index is -0.996. The van der Waals surface area contributed by atoms with E-state index < -0.39 is 18.2 Å². The van der Waals surface area contributed by atoms with Crippen LogP contribution in [-0.2, 0) is 14.3 Å². The molecule has 0 aliphatic carbocycles. The lowest BCUT2D eigenvalue weighted by atomic mass is 10.3. The molecule has 8 heteroatoms. The molecule has 0 spiro atoms. The first-order valence-electron chi connectivity index (χ1n) is 6.66. The van der Waals surface area contributed by atoms with Crippen molar-refractivity contribution in [1.29, 1.82) is 0 Å². The maximum absolute atomic E-state index is 9.30. The van der Waals surface area contributed by atoms with Crippen molar-refractivity contribution in [2.75, 3.05) is 19.8 Å². The van der Waals surface area contributed by atoms with Crippen LogP contribution in [0.15, 0.2) is 55.6 Å². The topological polar surface area (TPSA) is 134 Å². The van der Waals surface area contributed by atoms with E-state index in [0.29, 0.717) is 5.75 Å². The Morgan fingerprint density at radius 3 is 1.92 bits per heavy atom. The Balaban J connectivity index is 0. The van der Waals surface area contributed by atoms with E-state index in [1.54, 1.807) is 12.1 Å². The Labute approximate surface area is 139 Å². The summed E-state index contributed by atoms with van der Waals surface area (Å²) < 4.78 is 10.0. The predicted molar refractivity (Wildman–Crippen MR) is 86.6 cm³/mol. The minimum absolute atomic E-state index is 0.0510. The molecule has 0 saturated heterocycles. The number of benzene rings is 1. The van der Waals surface area contributed by atoms with Gasteiger partial charge in [-0.3, -0.25) is 0 Å². The van der Waals surface area contributed by atoms with Crippen molar-refractivity contribution < 1.29 is 39.5 Å². The van der Waals surface area contributed by atoms with Crippen LogP contribution in [-0.4, -0.2) is 58.5 Å². The molecule has 24 heavy (non-hydrogen) atoms. The highest BCUT2D eigenvalue weighted by Crippen LogP contribution is 2.09. The van der Waals surface area contributed by atoms with Crippen LogP contribution in [0, 0.1) is 0 Å². The van der Waals surface area contributed by atoms with Crippen molar-refractivity contribution in [3.63, 3.8) is 0 Å². The molecule has 1 unspecified atom stereocenters. The number of hydrogen-bond acceptors (Lipinski definition) is 6. The summed E-state index contributed by atoms with van der Waals surface area (Å²) in [6.45, 7) is 6.12. The van der Waals surface area contributed by atoms with E-state index in [-0.39, 0.29) is 19.8 Å². The van der Waals surface area contributed by atoms with E-state index in [1.807, 2.05) is 18.2 Å². The molecule has 0 aliphatic heterocycles. The van der Waals surface area contributed by atoms with Crippen LogP contribution in [0.1, 0.15) is 0 Å². The van der Waals surface area contributed by atoms with E-state index >= 15 is 0 Å². The average Bonchev–Trinajstić information content (AvgIpc) is 2.57. The quantitative estimate of drug-likeness (QED) is 0.311. The minimum Gasteiger partial charge on any atom is -0.478 e. The Morgan fingerprint density at radius 1 is 1.08 bits per heavy atom. The summed E-state index contributed by atoms with van der Waals surface area (Å²) >= 11 is 0. The number of carboxylic acid groups (broad SMARTS) is 2. The van der Waals surface area contributed by atoms with Gasteiger partial charge in [0.2, 0.25) is 6.29 Å². The number of ether oxygens (including phenoxy) is 2. The lowest BCUT2D eigenvalue weighted by Crippen LogP contribution is -2.23. The zero-order valence-corrected chi connectivity index (χ0v) is 13.1. The predicted octanol–water partition coefficient (Wildman–Crippen LogP) is 0.907. The first-order valence-corrected chi connectivity index (χ1v) is 6.66. The number of aliphatic hydroxyl groups is 2. The van der Waals surface area contributed by atoms with Crippen molar-refractivity contribution in [1.82, 2.24) is 0 Å².